The molecule has 0 bridgehead atoms. The smallest absolute Gasteiger partial charge is 0.0708 e. The predicted octanol–water partition coefficient (Wildman–Crippen LogP) is 6.80. The molecule has 4 aromatic rings. The Morgan fingerprint density at radius 3 is 1.77 bits per heavy atom. The predicted molar refractivity (Wildman–Crippen MR) is 112 cm³/mol. The highest BCUT2D eigenvalue weighted by molar-refractivity contribution is 5.97. The average Bonchev–Trinajstić information content (AvgIpc) is 2.59. The summed E-state index contributed by atoms with van der Waals surface area (Å²) in [6.45, 7) is 8.60. The maximum Gasteiger partial charge on any atom is 0.0708 e. The van der Waals surface area contributed by atoms with Crippen LogP contribution in [-0.4, -0.2) is 4.98 Å². The highest BCUT2D eigenvalue weighted by atomic mass is 14.6. The van der Waals surface area contributed by atoms with Gasteiger partial charge < -0.3 is 0 Å². The molecule has 4 rings (SSSR count). The molecule has 26 heavy (non-hydrogen) atoms. The van der Waals surface area contributed by atoms with Gasteiger partial charge in [0.15, 0.2) is 0 Å². The van der Waals surface area contributed by atoms with Gasteiger partial charge in [-0.1, -0.05) is 70.8 Å². The van der Waals surface area contributed by atoms with E-state index in [1.54, 1.807) is 0 Å². The summed E-state index contributed by atoms with van der Waals surface area (Å²) < 4.78 is 0. The number of fused-ring (bicyclic) bond motifs is 1. The molecule has 0 aliphatic carbocycles. The monoisotopic (exact) mass is 337 g/mol. The second-order valence-electron chi connectivity index (χ2n) is 7.35. The van der Waals surface area contributed by atoms with Gasteiger partial charge in [-0.05, 0) is 56.5 Å². The minimum Gasteiger partial charge on any atom is -0.256 e. The van der Waals surface area contributed by atoms with Gasteiger partial charge in [-0.2, -0.15) is 0 Å². The molecule has 0 spiro atoms. The summed E-state index contributed by atoms with van der Waals surface area (Å²) in [7, 11) is 0. The van der Waals surface area contributed by atoms with Crippen molar-refractivity contribution >= 4 is 10.9 Å². The largest absolute Gasteiger partial charge is 0.256 e. The maximum absolute atomic E-state index is 4.75. The zero-order chi connectivity index (χ0) is 18.3. The van der Waals surface area contributed by atoms with Crippen LogP contribution in [0.5, 0.6) is 0 Å². The maximum atomic E-state index is 4.75. The van der Waals surface area contributed by atoms with Crippen LogP contribution in [0.3, 0.4) is 0 Å². The van der Waals surface area contributed by atoms with Crippen LogP contribution >= 0.6 is 0 Å². The summed E-state index contributed by atoms with van der Waals surface area (Å²) in [6.07, 6.45) is 1.99. The second kappa shape index (κ2) is 6.42. The Morgan fingerprint density at radius 2 is 1.15 bits per heavy atom. The standard InChI is InChI=1S/C25H23N/c1-16-8-17(2)11-20(10-16)22-14-24-23(6-5-7-25(24)26-15-22)21-12-18(3)9-19(4)13-21/h5-15H,1-4H3. The lowest BCUT2D eigenvalue weighted by Crippen LogP contribution is -1.89. The number of hydrogen-bond acceptors (Lipinski definition) is 1. The summed E-state index contributed by atoms with van der Waals surface area (Å²) in [5.41, 5.74) is 11.1. The average molecular weight is 337 g/mol. The van der Waals surface area contributed by atoms with E-state index in [0.717, 1.165) is 5.52 Å². The Hall–Kier alpha value is -2.93. The second-order valence-corrected chi connectivity index (χ2v) is 7.35. The first kappa shape index (κ1) is 16.5. The van der Waals surface area contributed by atoms with Gasteiger partial charge in [-0.15, -0.1) is 0 Å². The van der Waals surface area contributed by atoms with Crippen molar-refractivity contribution in [3.05, 3.63) is 89.1 Å². The number of aromatic nitrogens is 1. The van der Waals surface area contributed by atoms with Crippen LogP contribution in [0.4, 0.5) is 0 Å². The van der Waals surface area contributed by atoms with Gasteiger partial charge in [0.25, 0.3) is 0 Å². The fourth-order valence-corrected chi connectivity index (χ4v) is 3.83. The quantitative estimate of drug-likeness (QED) is 0.392. The van der Waals surface area contributed by atoms with Crippen LogP contribution in [0.2, 0.25) is 0 Å². The number of benzene rings is 3. The zero-order valence-corrected chi connectivity index (χ0v) is 15.8. The molecule has 128 valence electrons. The Morgan fingerprint density at radius 1 is 0.577 bits per heavy atom. The molecule has 0 N–H and O–H groups in total. The van der Waals surface area contributed by atoms with Crippen molar-refractivity contribution in [2.45, 2.75) is 27.7 Å². The molecule has 0 aliphatic heterocycles. The molecule has 0 amide bonds. The molecule has 1 nitrogen and oxygen atoms in total. The summed E-state index contributed by atoms with van der Waals surface area (Å²) in [4.78, 5) is 4.75. The van der Waals surface area contributed by atoms with E-state index in [0.29, 0.717) is 0 Å². The minimum atomic E-state index is 1.04. The van der Waals surface area contributed by atoms with Gasteiger partial charge in [0.05, 0.1) is 5.52 Å². The topological polar surface area (TPSA) is 12.9 Å². The van der Waals surface area contributed by atoms with Gasteiger partial charge >= 0.3 is 0 Å². The van der Waals surface area contributed by atoms with E-state index in [1.807, 2.05) is 6.20 Å². The number of nitrogens with zero attached hydrogens (tertiary/aromatic N) is 1. The van der Waals surface area contributed by atoms with Crippen LogP contribution in [0, 0.1) is 27.7 Å². The normalized spacial score (nSPS) is 11.1. The first-order valence-corrected chi connectivity index (χ1v) is 9.06. The lowest BCUT2D eigenvalue weighted by atomic mass is 9.95. The lowest BCUT2D eigenvalue weighted by molar-refractivity contribution is 1.36. The van der Waals surface area contributed by atoms with Gasteiger partial charge in [0.2, 0.25) is 0 Å². The van der Waals surface area contributed by atoms with E-state index >= 15 is 0 Å². The molecular formula is C25H23N. The van der Waals surface area contributed by atoms with Crippen LogP contribution < -0.4 is 0 Å². The Bertz CT molecular complexity index is 1080. The van der Waals surface area contributed by atoms with E-state index < -0.39 is 0 Å². The molecule has 0 fully saturated rings. The van der Waals surface area contributed by atoms with E-state index in [-0.39, 0.29) is 0 Å². The van der Waals surface area contributed by atoms with Gasteiger partial charge in [0, 0.05) is 17.1 Å². The highest BCUT2D eigenvalue weighted by Gasteiger charge is 2.08. The Kier molecular flexibility index (Phi) is 4.08. The van der Waals surface area contributed by atoms with E-state index in [9.17, 15) is 0 Å². The molecule has 1 heterocycles. The van der Waals surface area contributed by atoms with Gasteiger partial charge in [-0.3, -0.25) is 4.98 Å². The van der Waals surface area contributed by atoms with Crippen molar-refractivity contribution in [2.75, 3.05) is 0 Å². The van der Waals surface area contributed by atoms with Gasteiger partial charge in [-0.25, -0.2) is 0 Å². The third-order valence-electron chi connectivity index (χ3n) is 4.81. The SMILES string of the molecule is Cc1cc(C)cc(-c2cnc3cccc(-c4cc(C)cc(C)c4)c3c2)c1. The van der Waals surface area contributed by atoms with E-state index in [1.165, 1.54) is 49.9 Å². The fourth-order valence-electron chi connectivity index (χ4n) is 3.83. The van der Waals surface area contributed by atoms with Gasteiger partial charge in [0.1, 0.15) is 0 Å². The molecule has 0 aliphatic rings. The third-order valence-corrected chi connectivity index (χ3v) is 4.81. The van der Waals surface area contributed by atoms with Crippen molar-refractivity contribution in [2.24, 2.45) is 0 Å². The third kappa shape index (κ3) is 3.13. The summed E-state index contributed by atoms with van der Waals surface area (Å²) in [6, 6.07) is 22.1. The van der Waals surface area contributed by atoms with Crippen molar-refractivity contribution in [1.82, 2.24) is 4.98 Å². The summed E-state index contributed by atoms with van der Waals surface area (Å²) >= 11 is 0. The molecule has 0 radical (unpaired) electrons. The minimum absolute atomic E-state index is 1.04. The molecule has 0 saturated heterocycles. The number of pyridine rings is 1. The van der Waals surface area contributed by atoms with Crippen LogP contribution in [-0.2, 0) is 0 Å². The number of aryl methyl sites for hydroxylation is 4. The first-order valence-electron chi connectivity index (χ1n) is 9.06. The van der Waals surface area contributed by atoms with Crippen LogP contribution in [0.25, 0.3) is 33.2 Å². The van der Waals surface area contributed by atoms with E-state index in [2.05, 4.69) is 88.4 Å². The molecule has 0 atom stereocenters. The van der Waals surface area contributed by atoms with Crippen molar-refractivity contribution in [1.29, 1.82) is 0 Å². The highest BCUT2D eigenvalue weighted by Crippen LogP contribution is 2.32. The molecule has 1 aromatic heterocycles. The van der Waals surface area contributed by atoms with E-state index in [4.69, 9.17) is 4.98 Å². The molecule has 3 aromatic carbocycles. The number of rotatable bonds is 2. The summed E-state index contributed by atoms with van der Waals surface area (Å²) in [5, 5.41) is 1.20. The molecule has 0 unspecified atom stereocenters. The molecular weight excluding hydrogens is 314 g/mol. The summed E-state index contributed by atoms with van der Waals surface area (Å²) in [5.74, 6) is 0. The Labute approximate surface area is 155 Å². The Balaban J connectivity index is 1.95. The van der Waals surface area contributed by atoms with Crippen molar-refractivity contribution in [3.8, 4) is 22.3 Å². The van der Waals surface area contributed by atoms with Crippen molar-refractivity contribution in [3.63, 3.8) is 0 Å². The van der Waals surface area contributed by atoms with Crippen molar-refractivity contribution < 1.29 is 0 Å². The van der Waals surface area contributed by atoms with Crippen LogP contribution in [0.1, 0.15) is 22.3 Å². The lowest BCUT2D eigenvalue weighted by Gasteiger charge is -2.11. The first-order chi connectivity index (χ1) is 12.5. The zero-order valence-electron chi connectivity index (χ0n) is 15.8. The molecule has 1 heteroatoms. The van der Waals surface area contributed by atoms with Crippen LogP contribution in [0.15, 0.2) is 66.9 Å². The molecule has 0 saturated carbocycles. The fraction of sp³-hybridized carbons (Fsp3) is 0.160. The number of hydrogen-bond donors (Lipinski definition) is 0.